The van der Waals surface area contributed by atoms with Crippen molar-refractivity contribution >= 4 is 0 Å². The fourth-order valence-electron chi connectivity index (χ4n) is 1.74. The summed E-state index contributed by atoms with van der Waals surface area (Å²) in [6.07, 6.45) is 1.13. The summed E-state index contributed by atoms with van der Waals surface area (Å²) in [5.41, 5.74) is 0.655. The third-order valence-corrected chi connectivity index (χ3v) is 3.33. The minimum atomic E-state index is -0.586. The molecule has 0 heterocycles. The quantitative estimate of drug-likeness (QED) is 0.825. The normalized spacial score (nSPS) is 14.9. The molecule has 0 spiro atoms. The molecular formula is C14H22FNO. The number of aliphatic hydroxyl groups is 1. The first-order valence-corrected chi connectivity index (χ1v) is 6.18. The van der Waals surface area contributed by atoms with Crippen molar-refractivity contribution < 1.29 is 9.50 Å². The van der Waals surface area contributed by atoms with E-state index in [1.54, 1.807) is 12.1 Å². The molecule has 96 valence electrons. The Morgan fingerprint density at radius 2 is 2.12 bits per heavy atom. The zero-order valence-electron chi connectivity index (χ0n) is 10.9. The maximum atomic E-state index is 13.0. The van der Waals surface area contributed by atoms with E-state index in [1.165, 1.54) is 12.1 Å². The van der Waals surface area contributed by atoms with E-state index < -0.39 is 6.10 Å². The Morgan fingerprint density at radius 1 is 1.41 bits per heavy atom. The predicted molar refractivity (Wildman–Crippen MR) is 68.4 cm³/mol. The van der Waals surface area contributed by atoms with Crippen LogP contribution < -0.4 is 0 Å². The van der Waals surface area contributed by atoms with Crippen LogP contribution >= 0.6 is 0 Å². The van der Waals surface area contributed by atoms with Crippen LogP contribution in [0.1, 0.15) is 38.4 Å². The van der Waals surface area contributed by atoms with Crippen molar-refractivity contribution in [1.29, 1.82) is 0 Å². The smallest absolute Gasteiger partial charge is 0.123 e. The van der Waals surface area contributed by atoms with Crippen LogP contribution in [0.5, 0.6) is 0 Å². The second kappa shape index (κ2) is 6.72. The molecule has 2 nitrogen and oxygen atoms in total. The van der Waals surface area contributed by atoms with Crippen LogP contribution in [0.3, 0.4) is 0 Å². The van der Waals surface area contributed by atoms with Gasteiger partial charge in [0.05, 0.1) is 6.10 Å². The summed E-state index contributed by atoms with van der Waals surface area (Å²) in [6, 6.07) is 6.69. The highest BCUT2D eigenvalue weighted by Crippen LogP contribution is 2.18. The maximum Gasteiger partial charge on any atom is 0.123 e. The first kappa shape index (κ1) is 14.1. The van der Waals surface area contributed by atoms with Gasteiger partial charge in [-0.05, 0) is 44.5 Å². The van der Waals surface area contributed by atoms with Crippen LogP contribution in [0.25, 0.3) is 0 Å². The molecule has 1 aromatic carbocycles. The fourth-order valence-corrected chi connectivity index (χ4v) is 1.74. The summed E-state index contributed by atoms with van der Waals surface area (Å²) < 4.78 is 13.0. The Bertz CT molecular complexity index is 343. The Labute approximate surface area is 103 Å². The van der Waals surface area contributed by atoms with Gasteiger partial charge in [-0.25, -0.2) is 4.39 Å². The van der Waals surface area contributed by atoms with Crippen molar-refractivity contribution in [2.75, 3.05) is 13.6 Å². The highest BCUT2D eigenvalue weighted by molar-refractivity contribution is 5.18. The standard InChI is InChI=1S/C14H22FNO/c1-4-11(2)16(3)9-8-14(17)12-6-5-7-13(15)10-12/h5-7,10-11,14,17H,4,8-9H2,1-3H3. The van der Waals surface area contributed by atoms with E-state index in [0.29, 0.717) is 18.0 Å². The highest BCUT2D eigenvalue weighted by Gasteiger charge is 2.12. The number of rotatable bonds is 6. The fraction of sp³-hybridized carbons (Fsp3) is 0.571. The molecule has 2 atom stereocenters. The molecular weight excluding hydrogens is 217 g/mol. The average Bonchev–Trinajstić information content (AvgIpc) is 2.34. The number of halogens is 1. The summed E-state index contributed by atoms with van der Waals surface area (Å²) in [5.74, 6) is -0.295. The van der Waals surface area contributed by atoms with Crippen LogP contribution in [0, 0.1) is 5.82 Å². The Hall–Kier alpha value is -0.930. The summed E-state index contributed by atoms with van der Waals surface area (Å²) in [5, 5.41) is 9.95. The summed E-state index contributed by atoms with van der Waals surface area (Å²) >= 11 is 0. The molecule has 0 saturated carbocycles. The van der Waals surface area contributed by atoms with Crippen molar-refractivity contribution in [3.05, 3.63) is 35.6 Å². The molecule has 3 heteroatoms. The molecule has 1 N–H and O–H groups in total. The molecule has 0 aromatic heterocycles. The predicted octanol–water partition coefficient (Wildman–Crippen LogP) is 2.98. The topological polar surface area (TPSA) is 23.5 Å². The molecule has 0 saturated heterocycles. The van der Waals surface area contributed by atoms with E-state index in [-0.39, 0.29) is 5.82 Å². The molecule has 17 heavy (non-hydrogen) atoms. The van der Waals surface area contributed by atoms with Crippen LogP contribution in [-0.2, 0) is 0 Å². The lowest BCUT2D eigenvalue weighted by Gasteiger charge is -2.24. The SMILES string of the molecule is CCC(C)N(C)CCC(O)c1cccc(F)c1. The number of benzene rings is 1. The molecule has 0 radical (unpaired) electrons. The van der Waals surface area contributed by atoms with Gasteiger partial charge in [-0.3, -0.25) is 0 Å². The molecule has 1 rings (SSSR count). The molecule has 0 bridgehead atoms. The van der Waals surface area contributed by atoms with Gasteiger partial charge in [0.2, 0.25) is 0 Å². The van der Waals surface area contributed by atoms with Gasteiger partial charge in [-0.2, -0.15) is 0 Å². The molecule has 0 aliphatic rings. The molecule has 0 amide bonds. The van der Waals surface area contributed by atoms with Crippen LogP contribution in [0.4, 0.5) is 4.39 Å². The van der Waals surface area contributed by atoms with Gasteiger partial charge in [0.15, 0.2) is 0 Å². The van der Waals surface area contributed by atoms with Gasteiger partial charge in [-0.1, -0.05) is 19.1 Å². The van der Waals surface area contributed by atoms with E-state index in [0.717, 1.165) is 13.0 Å². The van der Waals surface area contributed by atoms with Crippen molar-refractivity contribution in [2.24, 2.45) is 0 Å². The largest absolute Gasteiger partial charge is 0.388 e. The number of nitrogens with zero attached hydrogens (tertiary/aromatic N) is 1. The monoisotopic (exact) mass is 239 g/mol. The number of aliphatic hydroxyl groups excluding tert-OH is 1. The van der Waals surface area contributed by atoms with E-state index >= 15 is 0 Å². The van der Waals surface area contributed by atoms with Gasteiger partial charge in [0.1, 0.15) is 5.82 Å². The Balaban J connectivity index is 2.47. The molecule has 0 aliphatic carbocycles. The second-order valence-electron chi connectivity index (χ2n) is 4.60. The lowest BCUT2D eigenvalue weighted by Crippen LogP contribution is -2.30. The van der Waals surface area contributed by atoms with E-state index in [2.05, 4.69) is 18.7 Å². The van der Waals surface area contributed by atoms with E-state index in [1.807, 2.05) is 7.05 Å². The van der Waals surface area contributed by atoms with Gasteiger partial charge < -0.3 is 10.0 Å². The van der Waals surface area contributed by atoms with Crippen LogP contribution in [0.2, 0.25) is 0 Å². The molecule has 0 aliphatic heterocycles. The summed E-state index contributed by atoms with van der Waals surface area (Å²) in [7, 11) is 2.05. The molecule has 1 aromatic rings. The van der Waals surface area contributed by atoms with Crippen molar-refractivity contribution in [3.63, 3.8) is 0 Å². The molecule has 0 fully saturated rings. The van der Waals surface area contributed by atoms with Crippen molar-refractivity contribution in [3.8, 4) is 0 Å². The summed E-state index contributed by atoms with van der Waals surface area (Å²) in [4.78, 5) is 2.21. The third kappa shape index (κ3) is 4.44. The minimum Gasteiger partial charge on any atom is -0.388 e. The zero-order chi connectivity index (χ0) is 12.8. The van der Waals surface area contributed by atoms with E-state index in [4.69, 9.17) is 0 Å². The zero-order valence-corrected chi connectivity index (χ0v) is 10.9. The van der Waals surface area contributed by atoms with Crippen LogP contribution in [0.15, 0.2) is 24.3 Å². The molecule has 2 unspecified atom stereocenters. The highest BCUT2D eigenvalue weighted by atomic mass is 19.1. The number of hydrogen-bond donors (Lipinski definition) is 1. The van der Waals surface area contributed by atoms with Gasteiger partial charge in [-0.15, -0.1) is 0 Å². The van der Waals surface area contributed by atoms with E-state index in [9.17, 15) is 9.50 Å². The lowest BCUT2D eigenvalue weighted by atomic mass is 10.1. The van der Waals surface area contributed by atoms with Crippen molar-refractivity contribution in [1.82, 2.24) is 4.90 Å². The average molecular weight is 239 g/mol. The van der Waals surface area contributed by atoms with Gasteiger partial charge >= 0.3 is 0 Å². The van der Waals surface area contributed by atoms with Gasteiger partial charge in [0, 0.05) is 12.6 Å². The van der Waals surface area contributed by atoms with Gasteiger partial charge in [0.25, 0.3) is 0 Å². The Kier molecular flexibility index (Phi) is 5.59. The first-order valence-electron chi connectivity index (χ1n) is 6.18. The second-order valence-corrected chi connectivity index (χ2v) is 4.60. The summed E-state index contributed by atoms with van der Waals surface area (Å²) in [6.45, 7) is 5.12. The first-order chi connectivity index (χ1) is 8.04. The minimum absolute atomic E-state index is 0.295. The Morgan fingerprint density at radius 3 is 2.71 bits per heavy atom. The van der Waals surface area contributed by atoms with Crippen molar-refractivity contribution in [2.45, 2.75) is 38.8 Å². The maximum absolute atomic E-state index is 13.0. The lowest BCUT2D eigenvalue weighted by molar-refractivity contribution is 0.138. The third-order valence-electron chi connectivity index (χ3n) is 3.33. The van der Waals surface area contributed by atoms with Crippen LogP contribution in [-0.4, -0.2) is 29.6 Å². The number of hydrogen-bond acceptors (Lipinski definition) is 2.